The van der Waals surface area contributed by atoms with Crippen molar-refractivity contribution in [1.82, 2.24) is 5.16 Å². The summed E-state index contributed by atoms with van der Waals surface area (Å²) in [4.78, 5) is 22.6. The Labute approximate surface area is 119 Å². The van der Waals surface area contributed by atoms with Crippen molar-refractivity contribution in [1.29, 1.82) is 0 Å². The van der Waals surface area contributed by atoms with Crippen molar-refractivity contribution in [2.24, 2.45) is 0 Å². The number of aromatic carboxylic acids is 1. The van der Waals surface area contributed by atoms with E-state index in [-0.39, 0.29) is 17.7 Å². The van der Waals surface area contributed by atoms with Gasteiger partial charge in [0, 0.05) is 5.56 Å². The molecule has 0 aliphatic heterocycles. The van der Waals surface area contributed by atoms with Crippen LogP contribution in [0.15, 0.2) is 22.7 Å². The number of benzene rings is 1. The predicted octanol–water partition coefficient (Wildman–Crippen LogP) is 2.31. The smallest absolute Gasteiger partial charge is 0.335 e. The SMILES string of the molecule is Cc1noc(C)c1CC(=O)Nc1ccc(C(=O)O)cc1F. The minimum absolute atomic E-state index is 0.00128. The van der Waals surface area contributed by atoms with E-state index in [1.165, 1.54) is 12.1 Å². The van der Waals surface area contributed by atoms with E-state index in [1.54, 1.807) is 13.8 Å². The van der Waals surface area contributed by atoms with Crippen molar-refractivity contribution in [2.75, 3.05) is 5.32 Å². The molecule has 0 aliphatic rings. The van der Waals surface area contributed by atoms with E-state index in [0.717, 1.165) is 6.07 Å². The summed E-state index contributed by atoms with van der Waals surface area (Å²) in [6, 6.07) is 3.29. The fourth-order valence-corrected chi connectivity index (χ4v) is 1.86. The molecule has 0 fully saturated rings. The number of halogens is 1. The number of rotatable bonds is 4. The Morgan fingerprint density at radius 2 is 2.10 bits per heavy atom. The topological polar surface area (TPSA) is 92.4 Å². The summed E-state index contributed by atoms with van der Waals surface area (Å²) in [5.41, 5.74) is 0.993. The zero-order valence-electron chi connectivity index (χ0n) is 11.4. The average molecular weight is 292 g/mol. The van der Waals surface area contributed by atoms with Gasteiger partial charge in [0.25, 0.3) is 0 Å². The monoisotopic (exact) mass is 292 g/mol. The minimum atomic E-state index is -1.23. The Kier molecular flexibility index (Phi) is 4.02. The van der Waals surface area contributed by atoms with Crippen LogP contribution in [0.3, 0.4) is 0 Å². The maximum Gasteiger partial charge on any atom is 0.335 e. The molecule has 0 saturated carbocycles. The number of nitrogens with one attached hydrogen (secondary N) is 1. The van der Waals surface area contributed by atoms with Crippen molar-refractivity contribution in [3.63, 3.8) is 0 Å². The molecule has 21 heavy (non-hydrogen) atoms. The van der Waals surface area contributed by atoms with Crippen LogP contribution in [0.1, 0.15) is 27.4 Å². The Balaban J connectivity index is 2.11. The number of hydrogen-bond donors (Lipinski definition) is 2. The molecule has 1 aromatic carbocycles. The number of aromatic nitrogens is 1. The van der Waals surface area contributed by atoms with Gasteiger partial charge in [-0.15, -0.1) is 0 Å². The van der Waals surface area contributed by atoms with Gasteiger partial charge in [-0.2, -0.15) is 0 Å². The fraction of sp³-hybridized carbons (Fsp3) is 0.214. The highest BCUT2D eigenvalue weighted by molar-refractivity contribution is 5.93. The van der Waals surface area contributed by atoms with Crippen LogP contribution in [-0.4, -0.2) is 22.1 Å². The molecule has 2 aromatic rings. The van der Waals surface area contributed by atoms with Crippen LogP contribution in [0.2, 0.25) is 0 Å². The summed E-state index contributed by atoms with van der Waals surface area (Å²) in [6.45, 7) is 3.40. The number of amides is 1. The second-order valence-electron chi connectivity index (χ2n) is 4.53. The summed E-state index contributed by atoms with van der Waals surface area (Å²) in [6.07, 6.45) is 0.00128. The Bertz CT molecular complexity index is 689. The second-order valence-corrected chi connectivity index (χ2v) is 4.53. The maximum atomic E-state index is 13.7. The molecule has 2 rings (SSSR count). The van der Waals surface area contributed by atoms with E-state index >= 15 is 0 Å². The van der Waals surface area contributed by atoms with Crippen LogP contribution < -0.4 is 5.32 Å². The zero-order valence-corrected chi connectivity index (χ0v) is 11.4. The third-order valence-electron chi connectivity index (χ3n) is 3.01. The molecule has 7 heteroatoms. The van der Waals surface area contributed by atoms with Crippen molar-refractivity contribution in [2.45, 2.75) is 20.3 Å². The van der Waals surface area contributed by atoms with Gasteiger partial charge in [0.1, 0.15) is 11.6 Å². The quantitative estimate of drug-likeness (QED) is 0.902. The number of aryl methyl sites for hydroxylation is 2. The molecule has 0 saturated heterocycles. The van der Waals surface area contributed by atoms with Crippen LogP contribution in [-0.2, 0) is 11.2 Å². The molecule has 1 heterocycles. The number of nitrogens with zero attached hydrogens (tertiary/aromatic N) is 1. The first kappa shape index (κ1) is 14.7. The molecule has 6 nitrogen and oxygen atoms in total. The van der Waals surface area contributed by atoms with Crippen molar-refractivity contribution in [3.8, 4) is 0 Å². The summed E-state index contributed by atoms with van der Waals surface area (Å²) in [7, 11) is 0. The standard InChI is InChI=1S/C14H13FN2O4/c1-7-10(8(2)21-17-7)6-13(18)16-12-4-3-9(14(19)20)5-11(12)15/h3-5H,6H2,1-2H3,(H,16,18)(H,19,20). The molecule has 110 valence electrons. The molecule has 2 N–H and O–H groups in total. The molecule has 1 amide bonds. The van der Waals surface area contributed by atoms with Crippen LogP contribution in [0.25, 0.3) is 0 Å². The van der Waals surface area contributed by atoms with Crippen LogP contribution in [0.5, 0.6) is 0 Å². The lowest BCUT2D eigenvalue weighted by Gasteiger charge is -2.07. The van der Waals surface area contributed by atoms with Crippen LogP contribution in [0.4, 0.5) is 10.1 Å². The van der Waals surface area contributed by atoms with Gasteiger partial charge in [-0.1, -0.05) is 5.16 Å². The van der Waals surface area contributed by atoms with Crippen molar-refractivity contribution < 1.29 is 23.6 Å². The predicted molar refractivity (Wildman–Crippen MR) is 71.7 cm³/mol. The van der Waals surface area contributed by atoms with Crippen LogP contribution >= 0.6 is 0 Å². The highest BCUT2D eigenvalue weighted by Gasteiger charge is 2.15. The number of anilines is 1. The fourth-order valence-electron chi connectivity index (χ4n) is 1.86. The molecule has 0 spiro atoms. The molecule has 0 bridgehead atoms. The lowest BCUT2D eigenvalue weighted by Crippen LogP contribution is -2.16. The molecule has 0 radical (unpaired) electrons. The lowest BCUT2D eigenvalue weighted by molar-refractivity contribution is -0.115. The zero-order chi connectivity index (χ0) is 15.6. The normalized spacial score (nSPS) is 10.4. The number of carboxylic acid groups (broad SMARTS) is 1. The van der Waals surface area contributed by atoms with Gasteiger partial charge >= 0.3 is 5.97 Å². The Morgan fingerprint density at radius 3 is 2.62 bits per heavy atom. The molecule has 0 atom stereocenters. The van der Waals surface area contributed by atoms with Gasteiger partial charge in [0.2, 0.25) is 5.91 Å². The molecule has 1 aromatic heterocycles. The van der Waals surface area contributed by atoms with E-state index in [9.17, 15) is 14.0 Å². The van der Waals surface area contributed by atoms with E-state index in [1.807, 2.05) is 0 Å². The van der Waals surface area contributed by atoms with Gasteiger partial charge in [-0.25, -0.2) is 9.18 Å². The summed E-state index contributed by atoms with van der Waals surface area (Å²) in [5.74, 6) is -1.94. The summed E-state index contributed by atoms with van der Waals surface area (Å²) >= 11 is 0. The summed E-state index contributed by atoms with van der Waals surface area (Å²) < 4.78 is 18.6. The number of carbonyl (C=O) groups is 2. The van der Waals surface area contributed by atoms with Gasteiger partial charge in [0.15, 0.2) is 0 Å². The van der Waals surface area contributed by atoms with Crippen LogP contribution in [0, 0.1) is 19.7 Å². The van der Waals surface area contributed by atoms with Gasteiger partial charge < -0.3 is 14.9 Å². The van der Waals surface area contributed by atoms with Gasteiger partial charge in [-0.3, -0.25) is 4.79 Å². The van der Waals surface area contributed by atoms with E-state index < -0.39 is 17.7 Å². The average Bonchev–Trinajstić information content (AvgIpc) is 2.72. The molecule has 0 unspecified atom stereocenters. The van der Waals surface area contributed by atoms with E-state index in [0.29, 0.717) is 17.0 Å². The first-order chi connectivity index (χ1) is 9.88. The highest BCUT2D eigenvalue weighted by Crippen LogP contribution is 2.18. The highest BCUT2D eigenvalue weighted by atomic mass is 19.1. The minimum Gasteiger partial charge on any atom is -0.478 e. The first-order valence-electron chi connectivity index (χ1n) is 6.13. The second kappa shape index (κ2) is 5.74. The Hall–Kier alpha value is -2.70. The van der Waals surface area contributed by atoms with E-state index in [2.05, 4.69) is 10.5 Å². The number of carboxylic acids is 1. The van der Waals surface area contributed by atoms with Gasteiger partial charge in [0.05, 0.1) is 23.4 Å². The molecular formula is C14H13FN2O4. The van der Waals surface area contributed by atoms with E-state index in [4.69, 9.17) is 9.63 Å². The molecular weight excluding hydrogens is 279 g/mol. The summed E-state index contributed by atoms with van der Waals surface area (Å²) in [5, 5.41) is 14.9. The largest absolute Gasteiger partial charge is 0.478 e. The van der Waals surface area contributed by atoms with Crippen molar-refractivity contribution >= 4 is 17.6 Å². The molecule has 0 aliphatic carbocycles. The number of carbonyl (C=O) groups excluding carboxylic acids is 1. The number of hydrogen-bond acceptors (Lipinski definition) is 4. The van der Waals surface area contributed by atoms with Crippen molar-refractivity contribution in [3.05, 3.63) is 46.6 Å². The third kappa shape index (κ3) is 3.25. The van der Waals surface area contributed by atoms with Gasteiger partial charge in [-0.05, 0) is 32.0 Å². The maximum absolute atomic E-state index is 13.7. The third-order valence-corrected chi connectivity index (χ3v) is 3.01. The lowest BCUT2D eigenvalue weighted by atomic mass is 10.1. The Morgan fingerprint density at radius 1 is 1.38 bits per heavy atom. The first-order valence-corrected chi connectivity index (χ1v) is 6.13.